The highest BCUT2D eigenvalue weighted by molar-refractivity contribution is 7.98. The summed E-state index contributed by atoms with van der Waals surface area (Å²) in [5, 5.41) is 0.507. The van der Waals surface area contributed by atoms with E-state index in [1.54, 1.807) is 11.8 Å². The summed E-state index contributed by atoms with van der Waals surface area (Å²) in [4.78, 5) is 0. The van der Waals surface area contributed by atoms with E-state index in [-0.39, 0.29) is 0 Å². The molecule has 1 radical (unpaired) electrons. The smallest absolute Gasteiger partial charge is 0.166 e. The van der Waals surface area contributed by atoms with Gasteiger partial charge in [-0.1, -0.05) is 11.6 Å². The maximum Gasteiger partial charge on any atom is 0.166 e. The summed E-state index contributed by atoms with van der Waals surface area (Å²) in [6, 6.07) is 0. The first-order valence-corrected chi connectivity index (χ1v) is 5.30. The van der Waals surface area contributed by atoms with E-state index in [2.05, 4.69) is 8.75 Å². The fraction of sp³-hybridized carbons (Fsp3) is 0.600. The Balaban J connectivity index is 2.32. The van der Waals surface area contributed by atoms with Crippen molar-refractivity contribution in [3.63, 3.8) is 0 Å². The van der Waals surface area contributed by atoms with Crippen LogP contribution in [0, 0.1) is 0 Å². The zero-order valence-corrected chi connectivity index (χ0v) is 8.10. The molecular formula is C5H7ClN3S2. The average Bonchev–Trinajstić information content (AvgIpc) is 2.37. The van der Waals surface area contributed by atoms with E-state index in [4.69, 9.17) is 17.3 Å². The van der Waals surface area contributed by atoms with Gasteiger partial charge in [0.15, 0.2) is 5.15 Å². The molecule has 0 aromatic carbocycles. The molecular weight excluding hydrogens is 202 g/mol. The van der Waals surface area contributed by atoms with Crippen molar-refractivity contribution >= 4 is 35.1 Å². The van der Waals surface area contributed by atoms with E-state index >= 15 is 0 Å². The minimum Gasteiger partial charge on any atom is -0.257 e. The highest BCUT2D eigenvalue weighted by atomic mass is 35.5. The van der Waals surface area contributed by atoms with E-state index < -0.39 is 0 Å². The van der Waals surface area contributed by atoms with Crippen molar-refractivity contribution in [1.82, 2.24) is 14.5 Å². The van der Waals surface area contributed by atoms with Gasteiger partial charge in [0.05, 0.1) is 11.7 Å². The molecule has 0 aliphatic carbocycles. The molecule has 1 N–H and O–H groups in total. The molecule has 1 heterocycles. The molecule has 3 nitrogen and oxygen atoms in total. The Morgan fingerprint density at radius 2 is 2.36 bits per heavy atom. The number of nitrogens with zero attached hydrogens (tertiary/aromatic N) is 2. The Labute approximate surface area is 78.7 Å². The van der Waals surface area contributed by atoms with Gasteiger partial charge < -0.3 is 0 Å². The van der Waals surface area contributed by atoms with Crippen LogP contribution in [0.15, 0.2) is 0 Å². The van der Waals surface area contributed by atoms with Crippen LogP contribution in [0.1, 0.15) is 5.69 Å². The van der Waals surface area contributed by atoms with E-state index in [1.807, 2.05) is 0 Å². The molecule has 61 valence electrons. The van der Waals surface area contributed by atoms with E-state index in [0.717, 1.165) is 28.9 Å². The number of halogens is 1. The van der Waals surface area contributed by atoms with Crippen molar-refractivity contribution in [3.05, 3.63) is 10.8 Å². The molecule has 0 aliphatic rings. The topological polar surface area (TPSA) is 49.6 Å². The second kappa shape index (κ2) is 4.92. The van der Waals surface area contributed by atoms with Gasteiger partial charge in [-0.25, -0.2) is 0 Å². The number of thioether (sulfide) groups is 1. The highest BCUT2D eigenvalue weighted by Crippen LogP contribution is 2.17. The van der Waals surface area contributed by atoms with Gasteiger partial charge in [-0.15, -0.1) is 0 Å². The fourth-order valence-corrected chi connectivity index (χ4v) is 2.09. The van der Waals surface area contributed by atoms with Crippen molar-refractivity contribution in [3.8, 4) is 0 Å². The lowest BCUT2D eigenvalue weighted by atomic mass is 10.6. The minimum atomic E-state index is 0.444. The van der Waals surface area contributed by atoms with Gasteiger partial charge in [-0.2, -0.15) is 20.5 Å². The summed E-state index contributed by atoms with van der Waals surface area (Å²) in [7, 11) is 0. The van der Waals surface area contributed by atoms with Crippen LogP contribution >= 0.6 is 35.1 Å². The molecule has 0 aliphatic heterocycles. The molecule has 0 atom stereocenters. The predicted molar refractivity (Wildman–Crippen MR) is 49.0 cm³/mol. The molecule has 1 rings (SSSR count). The molecule has 0 saturated carbocycles. The first-order chi connectivity index (χ1) is 5.34. The second-order valence-electron chi connectivity index (χ2n) is 1.80. The maximum atomic E-state index is 6.90. The van der Waals surface area contributed by atoms with Gasteiger partial charge in [-0.3, -0.25) is 5.73 Å². The van der Waals surface area contributed by atoms with Gasteiger partial charge in [-0.05, 0) is 0 Å². The lowest BCUT2D eigenvalue weighted by molar-refractivity contribution is 1.10. The summed E-state index contributed by atoms with van der Waals surface area (Å²) >= 11 is 8.48. The van der Waals surface area contributed by atoms with Crippen molar-refractivity contribution < 1.29 is 0 Å². The van der Waals surface area contributed by atoms with Crippen molar-refractivity contribution in [2.45, 2.75) is 5.75 Å². The van der Waals surface area contributed by atoms with Crippen LogP contribution in [0.4, 0.5) is 0 Å². The van der Waals surface area contributed by atoms with Crippen LogP contribution in [0.25, 0.3) is 0 Å². The average molecular weight is 209 g/mol. The molecule has 0 bridgehead atoms. The summed E-state index contributed by atoms with van der Waals surface area (Å²) in [5.74, 6) is 1.60. The van der Waals surface area contributed by atoms with Gasteiger partial charge in [0.1, 0.15) is 5.69 Å². The zero-order valence-electron chi connectivity index (χ0n) is 5.71. The van der Waals surface area contributed by atoms with Crippen molar-refractivity contribution in [1.29, 1.82) is 0 Å². The number of rotatable bonds is 4. The molecule has 1 aromatic rings. The normalized spacial score (nSPS) is 10.4. The standard InChI is InChI=1S/C5H7ClN3S2/c6-5-4(8-11-9-5)3-10-2-1-7/h7H,1-3H2. The van der Waals surface area contributed by atoms with Gasteiger partial charge in [0.25, 0.3) is 0 Å². The van der Waals surface area contributed by atoms with Crippen LogP contribution in [0.5, 0.6) is 0 Å². The third kappa shape index (κ3) is 2.94. The lowest BCUT2D eigenvalue weighted by Gasteiger charge is -1.93. The molecule has 0 saturated heterocycles. The zero-order chi connectivity index (χ0) is 8.10. The first-order valence-electron chi connectivity index (χ1n) is 3.04. The summed E-state index contributed by atoms with van der Waals surface area (Å²) in [5.41, 5.74) is 7.74. The Morgan fingerprint density at radius 3 is 2.91 bits per heavy atom. The monoisotopic (exact) mass is 208 g/mol. The predicted octanol–water partition coefficient (Wildman–Crippen LogP) is 1.71. The molecule has 0 spiro atoms. The van der Waals surface area contributed by atoms with E-state index in [0.29, 0.717) is 11.7 Å². The minimum absolute atomic E-state index is 0.444. The quantitative estimate of drug-likeness (QED) is 0.708. The maximum absolute atomic E-state index is 6.90. The van der Waals surface area contributed by atoms with E-state index in [1.165, 1.54) is 0 Å². The third-order valence-corrected chi connectivity index (χ3v) is 2.93. The third-order valence-electron chi connectivity index (χ3n) is 0.995. The largest absolute Gasteiger partial charge is 0.257 e. The molecule has 0 unspecified atom stereocenters. The van der Waals surface area contributed by atoms with E-state index in [9.17, 15) is 0 Å². The number of nitrogens with one attached hydrogen (secondary N) is 1. The Morgan fingerprint density at radius 1 is 1.55 bits per heavy atom. The van der Waals surface area contributed by atoms with Crippen LogP contribution in [0.2, 0.25) is 5.15 Å². The summed E-state index contributed by atoms with van der Waals surface area (Å²) in [6.45, 7) is 0.444. The van der Waals surface area contributed by atoms with Crippen molar-refractivity contribution in [2.24, 2.45) is 0 Å². The van der Waals surface area contributed by atoms with Crippen molar-refractivity contribution in [2.75, 3.05) is 12.3 Å². The Hall–Kier alpha value is 0.160. The molecule has 0 fully saturated rings. The SMILES string of the molecule is [NH]CCSCc1nsnc1Cl. The molecule has 6 heteroatoms. The van der Waals surface area contributed by atoms with Gasteiger partial charge in [0, 0.05) is 18.1 Å². The number of hydrogen-bond acceptors (Lipinski definition) is 4. The van der Waals surface area contributed by atoms with Crippen LogP contribution < -0.4 is 5.73 Å². The lowest BCUT2D eigenvalue weighted by Crippen LogP contribution is -1.90. The molecule has 11 heavy (non-hydrogen) atoms. The fourth-order valence-electron chi connectivity index (χ4n) is 0.523. The molecule has 1 aromatic heterocycles. The number of aromatic nitrogens is 2. The Kier molecular flexibility index (Phi) is 4.14. The van der Waals surface area contributed by atoms with Crippen LogP contribution in [-0.4, -0.2) is 21.0 Å². The van der Waals surface area contributed by atoms with Crippen LogP contribution in [0.3, 0.4) is 0 Å². The summed E-state index contributed by atoms with van der Waals surface area (Å²) in [6.07, 6.45) is 0. The second-order valence-corrected chi connectivity index (χ2v) is 3.80. The Bertz CT molecular complexity index is 215. The summed E-state index contributed by atoms with van der Waals surface area (Å²) < 4.78 is 7.84. The highest BCUT2D eigenvalue weighted by Gasteiger charge is 2.03. The van der Waals surface area contributed by atoms with Gasteiger partial charge >= 0.3 is 0 Å². The number of hydrogen-bond donors (Lipinski definition) is 0. The van der Waals surface area contributed by atoms with Gasteiger partial charge in [0.2, 0.25) is 0 Å². The first kappa shape index (κ1) is 9.25. The molecule has 0 amide bonds. The van der Waals surface area contributed by atoms with Crippen LogP contribution in [-0.2, 0) is 5.75 Å².